The smallest absolute Gasteiger partial charge is 0.242 e. The second-order valence-corrected chi connectivity index (χ2v) is 8.49. The van der Waals surface area contributed by atoms with Gasteiger partial charge in [0.05, 0.1) is 4.90 Å². The lowest BCUT2D eigenvalue weighted by Crippen LogP contribution is -2.41. The van der Waals surface area contributed by atoms with Gasteiger partial charge < -0.3 is 10.6 Å². The Labute approximate surface area is 153 Å². The Morgan fingerprint density at radius 3 is 2.35 bits per heavy atom. The number of rotatable bonds is 7. The van der Waals surface area contributed by atoms with Gasteiger partial charge in [-0.05, 0) is 43.5 Å². The van der Waals surface area contributed by atoms with Gasteiger partial charge in [-0.15, -0.1) is 0 Å². The van der Waals surface area contributed by atoms with E-state index in [1.54, 1.807) is 4.90 Å². The monoisotopic (exact) mass is 385 g/mol. The molecule has 1 aliphatic rings. The van der Waals surface area contributed by atoms with E-state index in [9.17, 15) is 22.4 Å². The van der Waals surface area contributed by atoms with E-state index in [4.69, 9.17) is 5.73 Å². The van der Waals surface area contributed by atoms with Gasteiger partial charge in [0.25, 0.3) is 0 Å². The van der Waals surface area contributed by atoms with Gasteiger partial charge in [0, 0.05) is 39.0 Å². The topological polar surface area (TPSA) is 101 Å². The number of nitrogens with zero attached hydrogens (tertiary/aromatic N) is 2. The van der Waals surface area contributed by atoms with Crippen molar-refractivity contribution in [3.8, 4) is 0 Å². The highest BCUT2D eigenvalue weighted by Gasteiger charge is 2.26. The normalized spacial score (nSPS) is 16.0. The van der Waals surface area contributed by atoms with E-state index in [0.29, 0.717) is 32.4 Å². The van der Waals surface area contributed by atoms with E-state index in [2.05, 4.69) is 0 Å². The molecule has 2 rings (SSSR count). The van der Waals surface area contributed by atoms with E-state index >= 15 is 0 Å². The van der Waals surface area contributed by atoms with Crippen LogP contribution in [0.25, 0.3) is 0 Å². The van der Waals surface area contributed by atoms with E-state index < -0.39 is 15.8 Å². The van der Waals surface area contributed by atoms with Crippen molar-refractivity contribution in [2.45, 2.75) is 30.6 Å². The molecule has 1 fully saturated rings. The van der Waals surface area contributed by atoms with E-state index in [1.807, 2.05) is 0 Å². The number of primary amides is 1. The first-order valence-corrected chi connectivity index (χ1v) is 9.95. The minimum absolute atomic E-state index is 0.0150. The number of amides is 2. The molecule has 0 atom stereocenters. The van der Waals surface area contributed by atoms with E-state index in [1.165, 1.54) is 19.2 Å². The number of piperidine rings is 1. The van der Waals surface area contributed by atoms with Gasteiger partial charge in [-0.25, -0.2) is 17.1 Å². The highest BCUT2D eigenvalue weighted by Crippen LogP contribution is 2.18. The fourth-order valence-electron chi connectivity index (χ4n) is 2.93. The van der Waals surface area contributed by atoms with Gasteiger partial charge in [-0.1, -0.05) is 0 Å². The number of nitrogens with two attached hydrogens (primary N) is 1. The van der Waals surface area contributed by atoms with Crippen molar-refractivity contribution in [3.63, 3.8) is 0 Å². The number of carbonyl (C=O) groups excluding carboxylic acids is 2. The molecule has 1 aromatic rings. The lowest BCUT2D eigenvalue weighted by molar-refractivity contribution is -0.135. The van der Waals surface area contributed by atoms with Crippen molar-refractivity contribution < 1.29 is 22.4 Å². The number of likely N-dealkylation sites (tertiary alicyclic amines) is 1. The summed E-state index contributed by atoms with van der Waals surface area (Å²) in [6.45, 7) is 1.18. The second kappa shape index (κ2) is 8.59. The van der Waals surface area contributed by atoms with Crippen LogP contribution in [0.5, 0.6) is 0 Å². The largest absolute Gasteiger partial charge is 0.369 e. The molecule has 7 nitrogen and oxygen atoms in total. The molecule has 26 heavy (non-hydrogen) atoms. The summed E-state index contributed by atoms with van der Waals surface area (Å²) in [5.74, 6) is -1.06. The van der Waals surface area contributed by atoms with Gasteiger partial charge in [-0.3, -0.25) is 9.59 Å². The van der Waals surface area contributed by atoms with Crippen LogP contribution in [0.4, 0.5) is 4.39 Å². The summed E-state index contributed by atoms with van der Waals surface area (Å²) < 4.78 is 38.9. The van der Waals surface area contributed by atoms with Crippen LogP contribution in [0.3, 0.4) is 0 Å². The molecular formula is C17H24FN3O4S. The predicted molar refractivity (Wildman–Crippen MR) is 93.9 cm³/mol. The summed E-state index contributed by atoms with van der Waals surface area (Å²) in [6, 6.07) is 4.63. The Balaban J connectivity index is 1.80. The minimum Gasteiger partial charge on any atom is -0.369 e. The molecule has 0 unspecified atom stereocenters. The third-order valence-corrected chi connectivity index (χ3v) is 6.51. The van der Waals surface area contributed by atoms with Gasteiger partial charge in [0.1, 0.15) is 5.82 Å². The lowest BCUT2D eigenvalue weighted by atomic mass is 9.96. The van der Waals surface area contributed by atoms with Gasteiger partial charge in [0.15, 0.2) is 0 Å². The molecule has 1 saturated heterocycles. The fourth-order valence-corrected chi connectivity index (χ4v) is 4.14. The lowest BCUT2D eigenvalue weighted by Gasteiger charge is -2.30. The van der Waals surface area contributed by atoms with Gasteiger partial charge >= 0.3 is 0 Å². The van der Waals surface area contributed by atoms with Gasteiger partial charge in [0.2, 0.25) is 21.8 Å². The van der Waals surface area contributed by atoms with Crippen LogP contribution in [0.2, 0.25) is 0 Å². The summed E-state index contributed by atoms with van der Waals surface area (Å²) in [7, 11) is -2.27. The first-order valence-electron chi connectivity index (χ1n) is 8.51. The molecule has 2 amide bonds. The van der Waals surface area contributed by atoms with Gasteiger partial charge in [-0.2, -0.15) is 0 Å². The summed E-state index contributed by atoms with van der Waals surface area (Å²) >= 11 is 0. The number of sulfonamides is 1. The number of carbonyl (C=O) groups is 2. The molecule has 1 heterocycles. The number of hydrogen-bond donors (Lipinski definition) is 1. The molecule has 0 radical (unpaired) electrons. The second-order valence-electron chi connectivity index (χ2n) is 6.44. The third kappa shape index (κ3) is 5.01. The summed E-state index contributed by atoms with van der Waals surface area (Å²) in [5.41, 5.74) is 5.27. The number of halogens is 1. The molecule has 0 aliphatic carbocycles. The van der Waals surface area contributed by atoms with Crippen LogP contribution >= 0.6 is 0 Å². The number of benzene rings is 1. The maximum absolute atomic E-state index is 12.9. The molecule has 0 saturated carbocycles. The van der Waals surface area contributed by atoms with Crippen molar-refractivity contribution in [3.05, 3.63) is 30.1 Å². The van der Waals surface area contributed by atoms with E-state index in [-0.39, 0.29) is 35.6 Å². The van der Waals surface area contributed by atoms with Crippen LogP contribution in [-0.2, 0) is 19.6 Å². The Bertz CT molecular complexity index is 744. The molecule has 0 spiro atoms. The average molecular weight is 385 g/mol. The summed E-state index contributed by atoms with van der Waals surface area (Å²) in [4.78, 5) is 25.1. The molecule has 9 heteroatoms. The van der Waals surface area contributed by atoms with Crippen LogP contribution in [0.1, 0.15) is 25.7 Å². The molecule has 1 aliphatic heterocycles. The minimum atomic E-state index is -3.70. The van der Waals surface area contributed by atoms with Crippen molar-refractivity contribution in [2.24, 2.45) is 11.7 Å². The molecule has 1 aromatic carbocycles. The molecule has 144 valence electrons. The predicted octanol–water partition coefficient (Wildman–Crippen LogP) is 0.950. The number of hydrogen-bond acceptors (Lipinski definition) is 4. The zero-order chi connectivity index (χ0) is 19.3. The summed E-state index contributed by atoms with van der Waals surface area (Å²) in [6.07, 6.45) is 1.75. The zero-order valence-electron chi connectivity index (χ0n) is 14.7. The first kappa shape index (κ1) is 20.3. The zero-order valence-corrected chi connectivity index (χ0v) is 15.5. The Kier molecular flexibility index (Phi) is 6.71. The molecular weight excluding hydrogens is 361 g/mol. The molecule has 2 N–H and O–H groups in total. The average Bonchev–Trinajstić information content (AvgIpc) is 2.61. The Morgan fingerprint density at radius 1 is 1.23 bits per heavy atom. The third-order valence-electron chi connectivity index (χ3n) is 4.64. The maximum Gasteiger partial charge on any atom is 0.242 e. The maximum atomic E-state index is 12.9. The van der Waals surface area contributed by atoms with Crippen LogP contribution in [0.15, 0.2) is 29.2 Å². The quantitative estimate of drug-likeness (QED) is 0.755. The highest BCUT2D eigenvalue weighted by molar-refractivity contribution is 7.89. The first-order chi connectivity index (χ1) is 12.2. The van der Waals surface area contributed by atoms with E-state index in [0.717, 1.165) is 16.4 Å². The standard InChI is InChI=1S/C17H24FN3O4S/c1-20(26(24,25)15-6-4-14(18)5-7-15)10-2-3-16(22)21-11-8-13(9-12-21)17(19)23/h4-7,13H,2-3,8-12H2,1H3,(H2,19,23). The van der Waals surface area contributed by atoms with Crippen LogP contribution < -0.4 is 5.73 Å². The SMILES string of the molecule is CN(CCCC(=O)N1CCC(C(N)=O)CC1)S(=O)(=O)c1ccc(F)cc1. The summed E-state index contributed by atoms with van der Waals surface area (Å²) in [5, 5.41) is 0. The molecule has 0 bridgehead atoms. The fraction of sp³-hybridized carbons (Fsp3) is 0.529. The van der Waals surface area contributed by atoms with Crippen molar-refractivity contribution in [1.29, 1.82) is 0 Å². The van der Waals surface area contributed by atoms with Crippen molar-refractivity contribution >= 4 is 21.8 Å². The molecule has 0 aromatic heterocycles. The Morgan fingerprint density at radius 2 is 1.81 bits per heavy atom. The highest BCUT2D eigenvalue weighted by atomic mass is 32.2. The van der Waals surface area contributed by atoms with Crippen LogP contribution in [0, 0.1) is 11.7 Å². The van der Waals surface area contributed by atoms with Crippen LogP contribution in [-0.4, -0.2) is 56.1 Å². The Hall–Kier alpha value is -2.00. The van der Waals surface area contributed by atoms with Crippen molar-refractivity contribution in [1.82, 2.24) is 9.21 Å². The van der Waals surface area contributed by atoms with Crippen molar-refractivity contribution in [2.75, 3.05) is 26.7 Å².